The van der Waals surface area contributed by atoms with Gasteiger partial charge in [-0.25, -0.2) is 17.6 Å². The van der Waals surface area contributed by atoms with Crippen molar-refractivity contribution in [3.8, 4) is 0 Å². The fourth-order valence-corrected chi connectivity index (χ4v) is 1.28. The Morgan fingerprint density at radius 3 is 2.39 bits per heavy atom. The monoisotopic (exact) mass is 265 g/mol. The Bertz CT molecular complexity index is 461. The van der Waals surface area contributed by atoms with E-state index in [0.29, 0.717) is 6.42 Å². The van der Waals surface area contributed by atoms with Crippen LogP contribution in [0, 0.1) is 23.3 Å². The summed E-state index contributed by atoms with van der Waals surface area (Å²) in [6, 6.07) is -0.402. The van der Waals surface area contributed by atoms with Gasteiger partial charge in [0.15, 0.2) is 23.3 Å². The van der Waals surface area contributed by atoms with E-state index in [1.807, 2.05) is 0 Å². The van der Waals surface area contributed by atoms with Crippen LogP contribution in [-0.4, -0.2) is 23.7 Å². The van der Waals surface area contributed by atoms with Crippen molar-refractivity contribution in [3.63, 3.8) is 0 Å². The lowest BCUT2D eigenvalue weighted by Crippen LogP contribution is -2.37. The summed E-state index contributed by atoms with van der Waals surface area (Å²) in [5, 5.41) is 11.0. The third kappa shape index (κ3) is 2.79. The van der Waals surface area contributed by atoms with E-state index in [2.05, 4.69) is 5.32 Å². The zero-order valence-corrected chi connectivity index (χ0v) is 9.44. The van der Waals surface area contributed by atoms with Crippen LogP contribution in [0.5, 0.6) is 0 Å². The Labute approximate surface area is 100 Å². The molecule has 100 valence electrons. The normalized spacial score (nSPS) is 12.3. The van der Waals surface area contributed by atoms with Crippen molar-refractivity contribution in [1.82, 2.24) is 5.32 Å². The van der Waals surface area contributed by atoms with Crippen molar-refractivity contribution in [2.75, 3.05) is 6.61 Å². The van der Waals surface area contributed by atoms with Gasteiger partial charge in [-0.2, -0.15) is 0 Å². The summed E-state index contributed by atoms with van der Waals surface area (Å²) in [5.74, 6) is -8.56. The maximum atomic E-state index is 13.2. The number of aliphatic hydroxyl groups is 1. The van der Waals surface area contributed by atoms with E-state index in [1.54, 1.807) is 6.92 Å². The van der Waals surface area contributed by atoms with Crippen molar-refractivity contribution < 1.29 is 27.5 Å². The van der Waals surface area contributed by atoms with Gasteiger partial charge in [-0.3, -0.25) is 4.79 Å². The molecule has 0 radical (unpaired) electrons. The lowest BCUT2D eigenvalue weighted by Gasteiger charge is -2.14. The number of aliphatic hydroxyl groups excluding tert-OH is 1. The van der Waals surface area contributed by atoms with Crippen LogP contribution in [0.4, 0.5) is 17.6 Å². The summed E-state index contributed by atoms with van der Waals surface area (Å²) >= 11 is 0. The quantitative estimate of drug-likeness (QED) is 0.495. The number of hydrogen-bond acceptors (Lipinski definition) is 2. The van der Waals surface area contributed by atoms with Crippen LogP contribution in [0.1, 0.15) is 23.7 Å². The molecule has 1 atom stereocenters. The fourth-order valence-electron chi connectivity index (χ4n) is 1.28. The van der Waals surface area contributed by atoms with E-state index in [9.17, 15) is 22.4 Å². The average molecular weight is 265 g/mol. The molecule has 0 saturated carbocycles. The lowest BCUT2D eigenvalue weighted by molar-refractivity contribution is 0.0908. The van der Waals surface area contributed by atoms with Gasteiger partial charge in [-0.15, -0.1) is 0 Å². The van der Waals surface area contributed by atoms with Gasteiger partial charge in [-0.05, 0) is 12.5 Å². The number of rotatable bonds is 4. The second-order valence-corrected chi connectivity index (χ2v) is 3.61. The van der Waals surface area contributed by atoms with E-state index in [0.717, 1.165) is 0 Å². The number of benzene rings is 1. The predicted octanol–water partition coefficient (Wildman–Crippen LogP) is 1.74. The maximum Gasteiger partial charge on any atom is 0.254 e. The topological polar surface area (TPSA) is 49.3 Å². The molecule has 2 N–H and O–H groups in total. The number of halogens is 4. The Kier molecular flexibility index (Phi) is 4.66. The Hall–Kier alpha value is -1.63. The molecule has 7 heteroatoms. The van der Waals surface area contributed by atoms with Crippen molar-refractivity contribution in [3.05, 3.63) is 34.9 Å². The molecule has 0 aliphatic rings. The van der Waals surface area contributed by atoms with Gasteiger partial charge in [0.1, 0.15) is 0 Å². The van der Waals surface area contributed by atoms with Gasteiger partial charge in [0.25, 0.3) is 5.91 Å². The molecule has 0 aliphatic carbocycles. The van der Waals surface area contributed by atoms with Crippen LogP contribution in [-0.2, 0) is 0 Å². The second kappa shape index (κ2) is 5.81. The first kappa shape index (κ1) is 14.4. The summed E-state index contributed by atoms with van der Waals surface area (Å²) < 4.78 is 51.7. The second-order valence-electron chi connectivity index (χ2n) is 3.61. The predicted molar refractivity (Wildman–Crippen MR) is 54.9 cm³/mol. The van der Waals surface area contributed by atoms with Gasteiger partial charge in [0.2, 0.25) is 0 Å². The molecule has 1 aromatic rings. The molecule has 0 spiro atoms. The number of carbonyl (C=O) groups is 1. The minimum Gasteiger partial charge on any atom is -0.394 e. The van der Waals surface area contributed by atoms with Gasteiger partial charge < -0.3 is 10.4 Å². The average Bonchev–Trinajstić information content (AvgIpc) is 2.37. The van der Waals surface area contributed by atoms with E-state index >= 15 is 0 Å². The Morgan fingerprint density at radius 2 is 1.89 bits per heavy atom. The fraction of sp³-hybridized carbons (Fsp3) is 0.364. The van der Waals surface area contributed by atoms with Crippen molar-refractivity contribution in [2.45, 2.75) is 19.4 Å². The summed E-state index contributed by atoms with van der Waals surface area (Å²) in [6.45, 7) is 1.24. The molecule has 1 aromatic carbocycles. The van der Waals surface area contributed by atoms with Crippen LogP contribution in [0.2, 0.25) is 0 Å². The molecule has 0 fully saturated rings. The van der Waals surface area contributed by atoms with E-state index in [-0.39, 0.29) is 6.07 Å². The molecular weight excluding hydrogens is 254 g/mol. The summed E-state index contributed by atoms with van der Waals surface area (Å²) in [4.78, 5) is 11.5. The van der Waals surface area contributed by atoms with Gasteiger partial charge in [-0.1, -0.05) is 6.92 Å². The molecule has 1 amide bonds. The minimum atomic E-state index is -2.04. The first-order chi connectivity index (χ1) is 8.42. The number of amides is 1. The molecule has 18 heavy (non-hydrogen) atoms. The van der Waals surface area contributed by atoms with Crippen LogP contribution in [0.15, 0.2) is 6.07 Å². The summed E-state index contributed by atoms with van der Waals surface area (Å²) in [6.07, 6.45) is 0.343. The molecule has 0 heterocycles. The summed E-state index contributed by atoms with van der Waals surface area (Å²) in [5.41, 5.74) is -0.946. The zero-order valence-electron chi connectivity index (χ0n) is 9.44. The number of carbonyl (C=O) groups excluding carboxylic acids is 1. The highest BCUT2D eigenvalue weighted by atomic mass is 19.2. The van der Waals surface area contributed by atoms with Crippen LogP contribution in [0.3, 0.4) is 0 Å². The third-order valence-corrected chi connectivity index (χ3v) is 2.40. The van der Waals surface area contributed by atoms with E-state index in [1.165, 1.54) is 0 Å². The highest BCUT2D eigenvalue weighted by molar-refractivity contribution is 5.94. The van der Waals surface area contributed by atoms with Gasteiger partial charge in [0.05, 0.1) is 18.2 Å². The SMILES string of the molecule is CC[C@@H](CO)NC(=O)c1cc(F)c(F)c(F)c1F. The van der Waals surface area contributed by atoms with Crippen molar-refractivity contribution >= 4 is 5.91 Å². The molecule has 0 bridgehead atoms. The maximum absolute atomic E-state index is 13.2. The minimum absolute atomic E-state index is 0.271. The molecule has 0 aromatic heterocycles. The number of nitrogens with one attached hydrogen (secondary N) is 1. The van der Waals surface area contributed by atoms with Gasteiger partial charge in [0, 0.05) is 0 Å². The first-order valence-corrected chi connectivity index (χ1v) is 5.17. The van der Waals surface area contributed by atoms with Crippen molar-refractivity contribution in [2.24, 2.45) is 0 Å². The molecule has 0 aliphatic heterocycles. The molecule has 1 rings (SSSR count). The van der Waals surface area contributed by atoms with E-state index < -0.39 is 47.4 Å². The third-order valence-electron chi connectivity index (χ3n) is 2.40. The standard InChI is InChI=1S/C11H11F4NO2/c1-2-5(4-17)16-11(18)6-3-7(12)9(14)10(15)8(6)13/h3,5,17H,2,4H2,1H3,(H,16,18)/t5-/m0/s1. The first-order valence-electron chi connectivity index (χ1n) is 5.17. The molecular formula is C11H11F4NO2. The van der Waals surface area contributed by atoms with Crippen LogP contribution >= 0.6 is 0 Å². The van der Waals surface area contributed by atoms with E-state index in [4.69, 9.17) is 5.11 Å². The van der Waals surface area contributed by atoms with Crippen LogP contribution in [0.25, 0.3) is 0 Å². The molecule has 0 saturated heterocycles. The Balaban J connectivity index is 3.07. The molecule has 3 nitrogen and oxygen atoms in total. The van der Waals surface area contributed by atoms with Crippen molar-refractivity contribution in [1.29, 1.82) is 0 Å². The summed E-state index contributed by atoms with van der Waals surface area (Å²) in [7, 11) is 0. The smallest absolute Gasteiger partial charge is 0.254 e. The largest absolute Gasteiger partial charge is 0.394 e. The number of hydrogen-bond donors (Lipinski definition) is 2. The molecule has 0 unspecified atom stereocenters. The van der Waals surface area contributed by atoms with Gasteiger partial charge >= 0.3 is 0 Å². The highest BCUT2D eigenvalue weighted by Gasteiger charge is 2.23. The Morgan fingerprint density at radius 1 is 1.28 bits per heavy atom. The van der Waals surface area contributed by atoms with Crippen LogP contribution < -0.4 is 5.32 Å². The highest BCUT2D eigenvalue weighted by Crippen LogP contribution is 2.18. The zero-order chi connectivity index (χ0) is 13.9. The lowest BCUT2D eigenvalue weighted by atomic mass is 10.1.